The van der Waals surface area contributed by atoms with Crippen molar-refractivity contribution in [3.63, 3.8) is 0 Å². The van der Waals surface area contributed by atoms with Crippen molar-refractivity contribution in [2.24, 2.45) is 0 Å². The minimum absolute atomic E-state index is 0.0100. The first-order valence-electron chi connectivity index (χ1n) is 15.8. The smallest absolute Gasteiger partial charge is 0.323 e. The molecule has 47 heavy (non-hydrogen) atoms. The Kier molecular flexibility index (Phi) is 8.72. The van der Waals surface area contributed by atoms with Crippen molar-refractivity contribution in [1.29, 1.82) is 0 Å². The molecule has 11 heteroatoms. The van der Waals surface area contributed by atoms with Crippen molar-refractivity contribution in [2.45, 2.75) is 0 Å². The Morgan fingerprint density at radius 2 is 1.34 bits per heavy atom. The zero-order valence-corrected chi connectivity index (χ0v) is 26.2. The first kappa shape index (κ1) is 30.3. The molecule has 2 aromatic heterocycles. The van der Waals surface area contributed by atoms with Gasteiger partial charge in [-0.2, -0.15) is 0 Å². The lowest BCUT2D eigenvalue weighted by atomic mass is 10.0. The summed E-state index contributed by atoms with van der Waals surface area (Å²) in [5.41, 5.74) is 5.64. The number of pyridine rings is 1. The average molecular weight is 629 g/mol. The first-order valence-corrected chi connectivity index (χ1v) is 15.8. The number of likely N-dealkylation sites (N-methyl/N-ethyl adjacent to an activating group) is 1. The highest BCUT2D eigenvalue weighted by Gasteiger charge is 2.21. The van der Waals surface area contributed by atoms with Crippen LogP contribution in [0.2, 0.25) is 0 Å². The highest BCUT2D eigenvalue weighted by atomic mass is 16.5. The number of amides is 3. The van der Waals surface area contributed by atoms with E-state index < -0.39 is 0 Å². The van der Waals surface area contributed by atoms with E-state index in [1.54, 1.807) is 36.7 Å². The monoisotopic (exact) mass is 628 g/mol. The number of carbonyl (C=O) groups excluding carboxylic acids is 2. The number of fused-ring (bicyclic) bond motifs is 1. The number of hydrogen-bond acceptors (Lipinski definition) is 8. The summed E-state index contributed by atoms with van der Waals surface area (Å²) in [5, 5.41) is 6.71. The highest BCUT2D eigenvalue weighted by Crippen LogP contribution is 2.32. The molecule has 238 valence electrons. The van der Waals surface area contributed by atoms with Crippen LogP contribution in [0.25, 0.3) is 33.4 Å². The summed E-state index contributed by atoms with van der Waals surface area (Å²) < 4.78 is 5.60. The van der Waals surface area contributed by atoms with E-state index in [0.29, 0.717) is 49.1 Å². The molecule has 0 atom stereocenters. The third kappa shape index (κ3) is 6.91. The molecule has 5 aromatic rings. The van der Waals surface area contributed by atoms with Gasteiger partial charge in [0.2, 0.25) is 0 Å². The first-order chi connectivity index (χ1) is 23.0. The Bertz CT molecular complexity index is 1870. The van der Waals surface area contributed by atoms with Crippen molar-refractivity contribution < 1.29 is 14.3 Å². The lowest BCUT2D eigenvalue weighted by molar-refractivity contribution is 0.0664. The third-order valence-electron chi connectivity index (χ3n) is 8.58. The fourth-order valence-electron chi connectivity index (χ4n) is 5.87. The van der Waals surface area contributed by atoms with Crippen LogP contribution in [-0.2, 0) is 4.74 Å². The summed E-state index contributed by atoms with van der Waals surface area (Å²) in [4.78, 5) is 46.1. The fourth-order valence-corrected chi connectivity index (χ4v) is 5.87. The van der Waals surface area contributed by atoms with Crippen LogP contribution in [0.5, 0.6) is 0 Å². The molecular formula is C36H36N8O3. The van der Waals surface area contributed by atoms with Crippen molar-refractivity contribution >= 4 is 40.0 Å². The number of nitrogens with zero attached hydrogens (tertiary/aromatic N) is 6. The molecule has 0 spiro atoms. The molecule has 11 nitrogen and oxygen atoms in total. The Morgan fingerprint density at radius 3 is 2.02 bits per heavy atom. The molecular weight excluding hydrogens is 592 g/mol. The molecule has 2 saturated heterocycles. The molecule has 7 rings (SSSR count). The van der Waals surface area contributed by atoms with Gasteiger partial charge in [0.1, 0.15) is 5.82 Å². The van der Waals surface area contributed by atoms with Crippen LogP contribution >= 0.6 is 0 Å². The van der Waals surface area contributed by atoms with Crippen LogP contribution in [-0.4, -0.2) is 96.2 Å². The van der Waals surface area contributed by atoms with Gasteiger partial charge in [0.15, 0.2) is 5.82 Å². The number of nitrogens with one attached hydrogen (secondary N) is 2. The van der Waals surface area contributed by atoms with Gasteiger partial charge >= 0.3 is 6.03 Å². The second-order valence-corrected chi connectivity index (χ2v) is 11.8. The van der Waals surface area contributed by atoms with Gasteiger partial charge < -0.3 is 30.1 Å². The molecule has 0 unspecified atom stereocenters. The predicted molar refractivity (Wildman–Crippen MR) is 184 cm³/mol. The zero-order chi connectivity index (χ0) is 32.2. The highest BCUT2D eigenvalue weighted by molar-refractivity contribution is 6.01. The van der Waals surface area contributed by atoms with E-state index in [-0.39, 0.29) is 11.9 Å². The Labute approximate surface area is 273 Å². The Hall–Kier alpha value is -5.39. The largest absolute Gasteiger partial charge is 0.378 e. The van der Waals surface area contributed by atoms with E-state index in [2.05, 4.69) is 50.7 Å². The third-order valence-corrected chi connectivity index (χ3v) is 8.58. The van der Waals surface area contributed by atoms with E-state index in [1.165, 1.54) is 0 Å². The van der Waals surface area contributed by atoms with Gasteiger partial charge in [0, 0.05) is 79.6 Å². The van der Waals surface area contributed by atoms with Gasteiger partial charge in [-0.25, -0.2) is 14.8 Å². The summed E-state index contributed by atoms with van der Waals surface area (Å²) in [6, 6.07) is 24.3. The van der Waals surface area contributed by atoms with Gasteiger partial charge in [-0.05, 0) is 91.0 Å². The normalized spacial score (nSPS) is 15.4. The molecule has 0 radical (unpaired) electrons. The maximum Gasteiger partial charge on any atom is 0.323 e. The molecule has 3 amide bonds. The average Bonchev–Trinajstić information content (AvgIpc) is 3.12. The molecule has 3 aromatic carbocycles. The van der Waals surface area contributed by atoms with Gasteiger partial charge in [-0.15, -0.1) is 0 Å². The number of rotatable bonds is 6. The molecule has 4 heterocycles. The lowest BCUT2D eigenvalue weighted by Crippen LogP contribution is -2.47. The van der Waals surface area contributed by atoms with Crippen molar-refractivity contribution in [3.8, 4) is 22.5 Å². The number of piperazine rings is 1. The quantitative estimate of drug-likeness (QED) is 0.263. The number of hydrogen-bond donors (Lipinski definition) is 2. The minimum Gasteiger partial charge on any atom is -0.378 e. The second-order valence-electron chi connectivity index (χ2n) is 11.8. The van der Waals surface area contributed by atoms with Crippen LogP contribution in [0.3, 0.4) is 0 Å². The number of morpholine rings is 1. The van der Waals surface area contributed by atoms with E-state index in [4.69, 9.17) is 14.7 Å². The predicted octanol–water partition coefficient (Wildman–Crippen LogP) is 5.23. The maximum atomic E-state index is 12.8. The Balaban J connectivity index is 1.06. The van der Waals surface area contributed by atoms with Crippen LogP contribution in [0.1, 0.15) is 10.4 Å². The van der Waals surface area contributed by atoms with Gasteiger partial charge in [-0.1, -0.05) is 6.07 Å². The molecule has 2 aliphatic heterocycles. The lowest BCUT2D eigenvalue weighted by Gasteiger charge is -2.32. The maximum absolute atomic E-state index is 12.8. The summed E-state index contributed by atoms with van der Waals surface area (Å²) in [6.07, 6.45) is 3.57. The molecule has 0 bridgehead atoms. The summed E-state index contributed by atoms with van der Waals surface area (Å²) in [7, 11) is 2.06. The van der Waals surface area contributed by atoms with Crippen LogP contribution in [0.4, 0.5) is 22.0 Å². The van der Waals surface area contributed by atoms with Gasteiger partial charge in [0.05, 0.1) is 18.7 Å². The molecule has 0 aliphatic carbocycles. The summed E-state index contributed by atoms with van der Waals surface area (Å²) in [5.74, 6) is 1.50. The van der Waals surface area contributed by atoms with E-state index >= 15 is 0 Å². The van der Waals surface area contributed by atoms with Gasteiger partial charge in [0.25, 0.3) is 5.91 Å². The van der Waals surface area contributed by atoms with Gasteiger partial charge in [-0.3, -0.25) is 9.78 Å². The SMILES string of the molecule is CN1CCN(C(=O)c2ccc(NC(=O)Nc3ccc(-c4nc(N5CCOCC5)c5ccc(-c6ccncc6)cc5n4)cc3)cc2)CC1. The zero-order valence-electron chi connectivity index (χ0n) is 26.2. The molecule has 2 aliphatic rings. The number of ether oxygens (including phenoxy) is 1. The number of urea groups is 1. The van der Waals surface area contributed by atoms with E-state index in [1.807, 2.05) is 41.3 Å². The number of anilines is 3. The van der Waals surface area contributed by atoms with Crippen molar-refractivity contribution in [1.82, 2.24) is 24.8 Å². The van der Waals surface area contributed by atoms with Crippen LogP contribution in [0.15, 0.2) is 91.3 Å². The minimum atomic E-state index is -0.379. The molecule has 2 fully saturated rings. The van der Waals surface area contributed by atoms with Crippen molar-refractivity contribution in [3.05, 3.63) is 96.8 Å². The summed E-state index contributed by atoms with van der Waals surface area (Å²) >= 11 is 0. The topological polar surface area (TPSA) is 116 Å². The number of benzene rings is 3. The van der Waals surface area contributed by atoms with Crippen LogP contribution in [0, 0.1) is 0 Å². The standard InChI is InChI=1S/C36H36N8O3/c1-42-16-18-44(19-17-42)35(45)27-4-9-30(10-5-27)39-36(46)38-29-7-2-26(3-8-29)33-40-32-24-28(25-12-14-37-15-13-25)6-11-31(32)34(41-33)43-20-22-47-23-21-43/h2-15,24H,16-23H2,1H3,(H2,38,39,46). The number of aromatic nitrogens is 3. The molecule has 0 saturated carbocycles. The Morgan fingerprint density at radius 1 is 0.702 bits per heavy atom. The molecule has 2 N–H and O–H groups in total. The summed E-state index contributed by atoms with van der Waals surface area (Å²) in [6.45, 7) is 5.97. The van der Waals surface area contributed by atoms with Crippen molar-refractivity contribution in [2.75, 3.05) is 75.1 Å². The number of carbonyl (C=O) groups is 2. The van der Waals surface area contributed by atoms with Crippen LogP contribution < -0.4 is 15.5 Å². The van der Waals surface area contributed by atoms with E-state index in [9.17, 15) is 9.59 Å². The fraction of sp³-hybridized carbons (Fsp3) is 0.250. The second kappa shape index (κ2) is 13.5. The van der Waals surface area contributed by atoms with E-state index in [0.717, 1.165) is 59.6 Å².